The van der Waals surface area contributed by atoms with Gasteiger partial charge in [-0.25, -0.2) is 4.79 Å². The molecule has 3 N–H and O–H groups in total. The molecule has 1 atom stereocenters. The Hall–Kier alpha value is -4.13. The molecule has 0 aromatic heterocycles. The summed E-state index contributed by atoms with van der Waals surface area (Å²) in [6, 6.07) is 18.4. The van der Waals surface area contributed by atoms with E-state index in [9.17, 15) is 24.9 Å². The molecule has 0 saturated heterocycles. The summed E-state index contributed by atoms with van der Waals surface area (Å²) in [6.07, 6.45) is 6.44. The molecule has 3 aromatic carbocycles. The number of carboxylic acids is 1. The van der Waals surface area contributed by atoms with Crippen LogP contribution in [0, 0.1) is 5.92 Å². The molecule has 0 saturated carbocycles. The van der Waals surface area contributed by atoms with Crippen molar-refractivity contribution in [3.05, 3.63) is 101 Å². The third kappa shape index (κ3) is 7.87. The van der Waals surface area contributed by atoms with Crippen LogP contribution >= 0.6 is 11.6 Å². The molecule has 1 aliphatic rings. The number of allylic oxidation sites excluding steroid dienone is 4. The predicted octanol–water partition coefficient (Wildman–Crippen LogP) is 9.16. The summed E-state index contributed by atoms with van der Waals surface area (Å²) < 4.78 is 0. The van der Waals surface area contributed by atoms with Gasteiger partial charge in [0, 0.05) is 34.4 Å². The zero-order chi connectivity index (χ0) is 31.7. The number of carboxylic acid groups (broad SMARTS) is 1. The lowest BCUT2D eigenvalue weighted by molar-refractivity contribution is -0.133. The number of nitrogens with zero attached hydrogens (tertiary/aromatic N) is 1. The summed E-state index contributed by atoms with van der Waals surface area (Å²) in [7, 11) is 0. The minimum absolute atomic E-state index is 0. The molecule has 0 bridgehead atoms. The molecule has 1 unspecified atom stereocenters. The van der Waals surface area contributed by atoms with Gasteiger partial charge in [-0.3, -0.25) is 4.79 Å². The first-order chi connectivity index (χ1) is 20.7. The number of rotatable bonds is 10. The number of aromatic hydroxyl groups is 1. The number of phenols is 1. The molecule has 0 fully saturated rings. The summed E-state index contributed by atoms with van der Waals surface area (Å²) in [5.74, 6) is -1.10. The van der Waals surface area contributed by atoms with Crippen molar-refractivity contribution in [2.24, 2.45) is 5.92 Å². The number of halogens is 1. The monoisotopic (exact) mass is 617 g/mol. The lowest BCUT2D eigenvalue weighted by Gasteiger charge is -2.16. The number of carbonyl (C=O) groups is 2. The van der Waals surface area contributed by atoms with E-state index < -0.39 is 5.97 Å². The second-order valence-corrected chi connectivity index (χ2v) is 10.4. The minimum atomic E-state index is -0.949. The number of aliphatic carboxylic acids is 1. The van der Waals surface area contributed by atoms with Crippen LogP contribution in [0.2, 0.25) is 5.02 Å². The summed E-state index contributed by atoms with van der Waals surface area (Å²) in [5, 5.41) is 30.0. The number of amides is 1. The molecule has 7 heteroatoms. The van der Waals surface area contributed by atoms with Gasteiger partial charge in [0.15, 0.2) is 0 Å². The molecule has 0 spiro atoms. The van der Waals surface area contributed by atoms with Gasteiger partial charge in [-0.15, -0.1) is 0 Å². The van der Waals surface area contributed by atoms with Crippen molar-refractivity contribution in [3.8, 4) is 28.0 Å². The Morgan fingerprint density at radius 1 is 1.00 bits per heavy atom. The maximum absolute atomic E-state index is 13.5. The van der Waals surface area contributed by atoms with Crippen molar-refractivity contribution in [2.45, 2.75) is 54.9 Å². The number of carbonyl (C=O) groups excluding carboxylic acids is 1. The van der Waals surface area contributed by atoms with E-state index in [-0.39, 0.29) is 38.2 Å². The van der Waals surface area contributed by atoms with Gasteiger partial charge >= 0.3 is 5.97 Å². The molecule has 1 amide bonds. The van der Waals surface area contributed by atoms with Crippen molar-refractivity contribution in [1.82, 2.24) is 0 Å². The fourth-order valence-corrected chi connectivity index (χ4v) is 5.24. The summed E-state index contributed by atoms with van der Waals surface area (Å²) in [5.41, 5.74) is 6.11. The first-order valence-electron chi connectivity index (χ1n) is 14.7. The quantitative estimate of drug-likeness (QED) is 0.156. The Bertz CT molecular complexity index is 1550. The zero-order valence-electron chi connectivity index (χ0n) is 25.4. The van der Waals surface area contributed by atoms with E-state index in [1.165, 1.54) is 4.90 Å². The molecular weight excluding hydrogens is 574 g/mol. The highest BCUT2D eigenvalue weighted by molar-refractivity contribution is 6.37. The number of para-hydroxylation sites is 1. The Balaban J connectivity index is 0.00000220. The standard InChI is InChI=1S/C34H34ClNO5.C2H6.CH4/c1-4-21(3)27(34(40)41)18-22(5-2)10-15-26-29-19-28(30(35)20-31(29)36(16-17-37)33(26)39)24-13-11-23(12-14-24)25-8-6-7-9-32(25)38;1-2;/h5-9,11-15,18-21,37-38H,4,10,16-17H2,1-3H3,(H,40,41);1-2H3;1H4/b22-5-,26-15-,27-18+;;. The van der Waals surface area contributed by atoms with Gasteiger partial charge in [0.2, 0.25) is 0 Å². The fraction of sp³-hybridized carbons (Fsp3) is 0.297. The van der Waals surface area contributed by atoms with Gasteiger partial charge in [0.05, 0.1) is 17.3 Å². The van der Waals surface area contributed by atoms with Crippen molar-refractivity contribution in [1.29, 1.82) is 0 Å². The molecule has 1 heterocycles. The van der Waals surface area contributed by atoms with Crippen LogP contribution in [0.4, 0.5) is 5.69 Å². The summed E-state index contributed by atoms with van der Waals surface area (Å²) in [4.78, 5) is 26.8. The average molecular weight is 618 g/mol. The molecule has 6 nitrogen and oxygen atoms in total. The number of β-amino-alcohol motifs (C(OH)–C–C–N with tert-alkyl or cyclic N) is 1. The molecule has 4 rings (SSSR count). The van der Waals surface area contributed by atoms with Crippen LogP contribution in [0.1, 0.15) is 60.5 Å². The smallest absolute Gasteiger partial charge is 0.331 e. The van der Waals surface area contributed by atoms with Crippen LogP contribution in [0.3, 0.4) is 0 Å². The number of hydrogen-bond acceptors (Lipinski definition) is 4. The Morgan fingerprint density at radius 3 is 2.16 bits per heavy atom. The topological polar surface area (TPSA) is 98.1 Å². The number of fused-ring (bicyclic) bond motifs is 1. The van der Waals surface area contributed by atoms with Gasteiger partial charge in [0.1, 0.15) is 5.75 Å². The van der Waals surface area contributed by atoms with Crippen molar-refractivity contribution >= 4 is 34.7 Å². The van der Waals surface area contributed by atoms with Crippen LogP contribution < -0.4 is 4.90 Å². The zero-order valence-corrected chi connectivity index (χ0v) is 26.2. The maximum Gasteiger partial charge on any atom is 0.331 e. The SMILES string of the molecule is C.C/C=C(\C=C(\C(=O)O)C(C)CC)C/C=C1\C(=O)N(CCO)c2cc(Cl)c(-c3ccc(-c4ccccc4O)cc3)cc21.CC. The van der Waals surface area contributed by atoms with Gasteiger partial charge in [0.25, 0.3) is 5.91 Å². The highest BCUT2D eigenvalue weighted by atomic mass is 35.5. The Morgan fingerprint density at radius 2 is 1.61 bits per heavy atom. The molecule has 0 aliphatic carbocycles. The van der Waals surface area contributed by atoms with Gasteiger partial charge in [-0.1, -0.05) is 101 Å². The fourth-order valence-electron chi connectivity index (χ4n) is 4.97. The molecule has 0 radical (unpaired) electrons. The molecule has 1 aliphatic heterocycles. The number of aliphatic hydroxyl groups is 1. The highest BCUT2D eigenvalue weighted by Gasteiger charge is 2.33. The van der Waals surface area contributed by atoms with Crippen LogP contribution in [-0.4, -0.2) is 40.3 Å². The van der Waals surface area contributed by atoms with E-state index in [0.717, 1.165) is 27.8 Å². The van der Waals surface area contributed by atoms with Crippen molar-refractivity contribution in [3.63, 3.8) is 0 Å². The van der Waals surface area contributed by atoms with Crippen LogP contribution in [0.5, 0.6) is 5.75 Å². The third-order valence-electron chi connectivity index (χ3n) is 7.52. The maximum atomic E-state index is 13.5. The molecule has 44 heavy (non-hydrogen) atoms. The number of phenolic OH excluding ortho intramolecular Hbond substituents is 1. The lowest BCUT2D eigenvalue weighted by Crippen LogP contribution is -2.29. The van der Waals surface area contributed by atoms with E-state index in [1.54, 1.807) is 24.3 Å². The van der Waals surface area contributed by atoms with E-state index >= 15 is 0 Å². The number of aliphatic hydroxyl groups excluding tert-OH is 1. The Kier molecular flexibility index (Phi) is 13.6. The van der Waals surface area contributed by atoms with Gasteiger partial charge < -0.3 is 20.2 Å². The summed E-state index contributed by atoms with van der Waals surface area (Å²) in [6.45, 7) is 9.60. The number of anilines is 1. The van der Waals surface area contributed by atoms with Crippen molar-refractivity contribution < 1.29 is 24.9 Å². The van der Waals surface area contributed by atoms with Gasteiger partial charge in [-0.05, 0) is 66.7 Å². The average Bonchev–Trinajstić information content (AvgIpc) is 3.27. The lowest BCUT2D eigenvalue weighted by atomic mass is 9.94. The summed E-state index contributed by atoms with van der Waals surface area (Å²) >= 11 is 6.73. The molecule has 3 aromatic rings. The van der Waals surface area contributed by atoms with E-state index in [2.05, 4.69) is 0 Å². The second kappa shape index (κ2) is 16.6. The normalized spacial score (nSPS) is 14.5. The minimum Gasteiger partial charge on any atom is -0.507 e. The van der Waals surface area contributed by atoms with Crippen LogP contribution in [0.25, 0.3) is 27.8 Å². The number of hydrogen-bond donors (Lipinski definition) is 3. The molecule has 234 valence electrons. The van der Waals surface area contributed by atoms with Gasteiger partial charge in [-0.2, -0.15) is 0 Å². The van der Waals surface area contributed by atoms with E-state index in [4.69, 9.17) is 11.6 Å². The largest absolute Gasteiger partial charge is 0.507 e. The third-order valence-corrected chi connectivity index (χ3v) is 7.83. The van der Waals surface area contributed by atoms with Crippen LogP contribution in [0.15, 0.2) is 90.0 Å². The van der Waals surface area contributed by atoms with E-state index in [0.29, 0.717) is 40.3 Å². The predicted molar refractivity (Wildman–Crippen MR) is 183 cm³/mol. The highest BCUT2D eigenvalue weighted by Crippen LogP contribution is 2.43. The number of benzene rings is 3. The first-order valence-corrected chi connectivity index (χ1v) is 15.0. The Labute approximate surface area is 266 Å². The molecular formula is C37H44ClNO5. The first kappa shape index (κ1) is 36.1. The van der Waals surface area contributed by atoms with E-state index in [1.807, 2.05) is 89.2 Å². The van der Waals surface area contributed by atoms with Crippen molar-refractivity contribution in [2.75, 3.05) is 18.1 Å². The van der Waals surface area contributed by atoms with Crippen LogP contribution in [-0.2, 0) is 9.59 Å². The second-order valence-electron chi connectivity index (χ2n) is 10.0.